The fourth-order valence-corrected chi connectivity index (χ4v) is 2.36. The number of hydrogen-bond acceptors (Lipinski definition) is 4. The van der Waals surface area contributed by atoms with E-state index in [2.05, 4.69) is 5.32 Å². The minimum atomic E-state index is -3.81. The maximum atomic E-state index is 11.8. The summed E-state index contributed by atoms with van der Waals surface area (Å²) >= 11 is 0. The summed E-state index contributed by atoms with van der Waals surface area (Å²) in [6.45, 7) is 4.71. The highest BCUT2D eigenvalue weighted by Gasteiger charge is 2.16. The van der Waals surface area contributed by atoms with Gasteiger partial charge in [-0.25, -0.2) is 17.9 Å². The Morgan fingerprint density at radius 2 is 1.90 bits per heavy atom. The first-order valence-electron chi connectivity index (χ1n) is 6.39. The average Bonchev–Trinajstić information content (AvgIpc) is 2.38. The molecule has 0 spiro atoms. The minimum Gasteiger partial charge on any atom is -0.379 e. The molecule has 6 nitrogen and oxygen atoms in total. The van der Waals surface area contributed by atoms with Gasteiger partial charge in [-0.05, 0) is 32.4 Å². The Morgan fingerprint density at radius 3 is 2.50 bits per heavy atom. The summed E-state index contributed by atoms with van der Waals surface area (Å²) in [5.74, 6) is 0. The topological polar surface area (TPSA) is 84.5 Å². The van der Waals surface area contributed by atoms with E-state index < -0.39 is 16.1 Å². The Kier molecular flexibility index (Phi) is 6.47. The summed E-state index contributed by atoms with van der Waals surface area (Å²) in [7, 11) is -3.81. The molecular formula is C13H20N2O4S. The summed E-state index contributed by atoms with van der Waals surface area (Å²) in [5, 5.41) is 2.47. The van der Waals surface area contributed by atoms with Crippen LogP contribution in [0.5, 0.6) is 0 Å². The quantitative estimate of drug-likeness (QED) is 0.747. The summed E-state index contributed by atoms with van der Waals surface area (Å²) < 4.78 is 30.9. The fourth-order valence-electron chi connectivity index (χ4n) is 1.41. The van der Waals surface area contributed by atoms with Crippen molar-refractivity contribution in [1.29, 1.82) is 0 Å². The summed E-state index contributed by atoms with van der Waals surface area (Å²) in [6.07, 6.45) is 0.763. The van der Waals surface area contributed by atoms with Crippen molar-refractivity contribution in [1.82, 2.24) is 10.0 Å². The number of rotatable bonds is 7. The zero-order valence-corrected chi connectivity index (χ0v) is 12.4. The van der Waals surface area contributed by atoms with Gasteiger partial charge in [0.25, 0.3) is 10.0 Å². The zero-order valence-electron chi connectivity index (χ0n) is 11.6. The van der Waals surface area contributed by atoms with E-state index in [0.29, 0.717) is 19.6 Å². The molecule has 0 unspecified atom stereocenters. The van der Waals surface area contributed by atoms with Gasteiger partial charge in [-0.3, -0.25) is 0 Å². The van der Waals surface area contributed by atoms with Crippen molar-refractivity contribution in [3.8, 4) is 0 Å². The van der Waals surface area contributed by atoms with Crippen LogP contribution in [0, 0.1) is 0 Å². The number of sulfonamides is 1. The molecular weight excluding hydrogens is 280 g/mol. The van der Waals surface area contributed by atoms with Gasteiger partial charge in [0.2, 0.25) is 0 Å². The normalized spacial score (nSPS) is 11.3. The molecule has 1 aromatic carbocycles. The Balaban J connectivity index is 2.35. The molecule has 2 amide bonds. The lowest BCUT2D eigenvalue weighted by molar-refractivity contribution is 0.0774. The molecule has 112 valence electrons. The van der Waals surface area contributed by atoms with Crippen LogP contribution < -0.4 is 10.0 Å². The summed E-state index contributed by atoms with van der Waals surface area (Å²) in [6, 6.07) is 7.00. The molecule has 0 fully saturated rings. The number of urea groups is 1. The van der Waals surface area contributed by atoms with E-state index in [1.165, 1.54) is 12.1 Å². The van der Waals surface area contributed by atoms with E-state index in [1.807, 2.05) is 18.6 Å². The van der Waals surface area contributed by atoms with E-state index in [1.54, 1.807) is 18.2 Å². The standard InChI is InChI=1S/C13H20N2O4S/c1-11(2)19-10-6-9-14-13(16)15-20(17,18)12-7-4-3-5-8-12/h3-5,7-8,11H,6,9-10H2,1-2H3,(H2,14,15,16). The molecule has 20 heavy (non-hydrogen) atoms. The third-order valence-electron chi connectivity index (χ3n) is 2.34. The number of carbonyl (C=O) groups excluding carboxylic acids is 1. The largest absolute Gasteiger partial charge is 0.379 e. The number of carbonyl (C=O) groups is 1. The zero-order chi connectivity index (χ0) is 15.0. The molecule has 1 aromatic rings. The van der Waals surface area contributed by atoms with Gasteiger partial charge in [0.15, 0.2) is 0 Å². The van der Waals surface area contributed by atoms with Crippen molar-refractivity contribution < 1.29 is 17.9 Å². The first kappa shape index (κ1) is 16.5. The molecule has 0 aromatic heterocycles. The average molecular weight is 300 g/mol. The van der Waals surface area contributed by atoms with Crippen molar-refractivity contribution in [3.63, 3.8) is 0 Å². The van der Waals surface area contributed by atoms with Gasteiger partial charge >= 0.3 is 6.03 Å². The van der Waals surface area contributed by atoms with Gasteiger partial charge < -0.3 is 10.1 Å². The van der Waals surface area contributed by atoms with Crippen LogP contribution in [0.1, 0.15) is 20.3 Å². The van der Waals surface area contributed by atoms with E-state index in [0.717, 1.165) is 0 Å². The van der Waals surface area contributed by atoms with Crippen LogP contribution >= 0.6 is 0 Å². The van der Waals surface area contributed by atoms with E-state index in [-0.39, 0.29) is 11.0 Å². The Morgan fingerprint density at radius 1 is 1.25 bits per heavy atom. The van der Waals surface area contributed by atoms with E-state index >= 15 is 0 Å². The van der Waals surface area contributed by atoms with E-state index in [9.17, 15) is 13.2 Å². The Hall–Kier alpha value is -1.60. The molecule has 0 aliphatic rings. The Bertz CT molecular complexity index is 514. The third-order valence-corrected chi connectivity index (χ3v) is 3.69. The first-order valence-corrected chi connectivity index (χ1v) is 7.87. The van der Waals surface area contributed by atoms with Crippen molar-refractivity contribution in [3.05, 3.63) is 30.3 Å². The fraction of sp³-hybridized carbons (Fsp3) is 0.462. The van der Waals surface area contributed by atoms with Gasteiger partial charge in [0, 0.05) is 13.2 Å². The number of benzene rings is 1. The van der Waals surface area contributed by atoms with Crippen LogP contribution in [0.4, 0.5) is 4.79 Å². The SMILES string of the molecule is CC(C)OCCCNC(=O)NS(=O)(=O)c1ccccc1. The smallest absolute Gasteiger partial charge is 0.328 e. The lowest BCUT2D eigenvalue weighted by atomic mass is 10.4. The van der Waals surface area contributed by atoms with Crippen LogP contribution in [0.2, 0.25) is 0 Å². The van der Waals surface area contributed by atoms with Crippen molar-refractivity contribution in [2.75, 3.05) is 13.2 Å². The molecule has 0 aliphatic carbocycles. The number of ether oxygens (including phenoxy) is 1. The monoisotopic (exact) mass is 300 g/mol. The minimum absolute atomic E-state index is 0.0540. The summed E-state index contributed by atoms with van der Waals surface area (Å²) in [5.41, 5.74) is 0. The maximum Gasteiger partial charge on any atom is 0.328 e. The van der Waals surface area contributed by atoms with Crippen LogP contribution in [0.25, 0.3) is 0 Å². The molecule has 0 saturated carbocycles. The molecule has 0 aliphatic heterocycles. The predicted molar refractivity (Wildman–Crippen MR) is 75.9 cm³/mol. The van der Waals surface area contributed by atoms with E-state index in [4.69, 9.17) is 4.74 Å². The maximum absolute atomic E-state index is 11.8. The van der Waals surface area contributed by atoms with Gasteiger partial charge in [0.1, 0.15) is 0 Å². The van der Waals surface area contributed by atoms with Crippen molar-refractivity contribution in [2.45, 2.75) is 31.3 Å². The highest BCUT2D eigenvalue weighted by Crippen LogP contribution is 2.06. The molecule has 0 bridgehead atoms. The van der Waals surface area contributed by atoms with Gasteiger partial charge in [-0.15, -0.1) is 0 Å². The van der Waals surface area contributed by atoms with Crippen LogP contribution in [-0.4, -0.2) is 33.7 Å². The second kappa shape index (κ2) is 7.86. The lowest BCUT2D eigenvalue weighted by Crippen LogP contribution is -2.40. The second-order valence-corrected chi connectivity index (χ2v) is 6.13. The van der Waals surface area contributed by atoms with Gasteiger partial charge in [0.05, 0.1) is 11.0 Å². The molecule has 7 heteroatoms. The molecule has 1 rings (SSSR count). The molecule has 0 saturated heterocycles. The number of hydrogen-bond donors (Lipinski definition) is 2. The van der Waals surface area contributed by atoms with Crippen LogP contribution in [0.3, 0.4) is 0 Å². The van der Waals surface area contributed by atoms with Crippen LogP contribution in [0.15, 0.2) is 35.2 Å². The predicted octanol–water partition coefficient (Wildman–Crippen LogP) is 1.49. The lowest BCUT2D eigenvalue weighted by Gasteiger charge is -2.09. The molecule has 0 atom stereocenters. The number of amides is 2. The van der Waals surface area contributed by atoms with Gasteiger partial charge in [-0.1, -0.05) is 18.2 Å². The highest BCUT2D eigenvalue weighted by atomic mass is 32.2. The Labute approximate surface area is 119 Å². The van der Waals surface area contributed by atoms with Crippen molar-refractivity contribution in [2.24, 2.45) is 0 Å². The number of nitrogens with one attached hydrogen (secondary N) is 2. The summed E-state index contributed by atoms with van der Waals surface area (Å²) in [4.78, 5) is 11.5. The first-order chi connectivity index (χ1) is 9.42. The van der Waals surface area contributed by atoms with Crippen molar-refractivity contribution >= 4 is 16.1 Å². The third kappa shape index (κ3) is 6.03. The highest BCUT2D eigenvalue weighted by molar-refractivity contribution is 7.90. The molecule has 0 heterocycles. The van der Waals surface area contributed by atoms with Crippen LogP contribution in [-0.2, 0) is 14.8 Å². The van der Waals surface area contributed by atoms with Gasteiger partial charge in [-0.2, -0.15) is 0 Å². The molecule has 0 radical (unpaired) electrons. The second-order valence-electron chi connectivity index (χ2n) is 4.45. The molecule has 2 N–H and O–H groups in total.